The number of halogens is 1. The van der Waals surface area contributed by atoms with Gasteiger partial charge in [0.25, 0.3) is 0 Å². The second-order valence-corrected chi connectivity index (χ2v) is 5.07. The van der Waals surface area contributed by atoms with Gasteiger partial charge in [-0.05, 0) is 49.9 Å². The lowest BCUT2D eigenvalue weighted by atomic mass is 9.91. The molecule has 1 aromatic rings. The standard InChI is InChI=1S/C15H24FNO/c1-12-5-6-14(9-13(12)2)10-15(16,11-18-3)7-4-8-17/h5-6,9H,4,7-8,10-11,17H2,1-3H3. The molecule has 0 aliphatic heterocycles. The van der Waals surface area contributed by atoms with Gasteiger partial charge in [-0.3, -0.25) is 0 Å². The number of rotatable bonds is 7. The summed E-state index contributed by atoms with van der Waals surface area (Å²) in [5.41, 5.74) is 7.61. The Balaban J connectivity index is 2.78. The number of hydrogen-bond acceptors (Lipinski definition) is 2. The summed E-state index contributed by atoms with van der Waals surface area (Å²) in [6.45, 7) is 4.75. The van der Waals surface area contributed by atoms with Gasteiger partial charge < -0.3 is 10.5 Å². The first-order valence-corrected chi connectivity index (χ1v) is 6.45. The van der Waals surface area contributed by atoms with Crippen LogP contribution in [0, 0.1) is 13.8 Å². The van der Waals surface area contributed by atoms with Crippen LogP contribution in [-0.2, 0) is 11.2 Å². The maximum atomic E-state index is 14.7. The summed E-state index contributed by atoms with van der Waals surface area (Å²) in [7, 11) is 1.54. The number of aryl methyl sites for hydroxylation is 2. The van der Waals surface area contributed by atoms with Gasteiger partial charge >= 0.3 is 0 Å². The third kappa shape index (κ3) is 4.39. The lowest BCUT2D eigenvalue weighted by Gasteiger charge is -2.25. The second kappa shape index (κ2) is 6.86. The Labute approximate surface area is 109 Å². The fraction of sp³-hybridized carbons (Fsp3) is 0.600. The van der Waals surface area contributed by atoms with Crippen molar-refractivity contribution >= 4 is 0 Å². The number of alkyl halides is 1. The zero-order valence-electron chi connectivity index (χ0n) is 11.6. The Bertz CT molecular complexity index is 381. The number of benzene rings is 1. The van der Waals surface area contributed by atoms with E-state index in [2.05, 4.69) is 19.9 Å². The molecule has 1 atom stereocenters. The minimum absolute atomic E-state index is 0.125. The van der Waals surface area contributed by atoms with Crippen LogP contribution >= 0.6 is 0 Å². The zero-order chi connectivity index (χ0) is 13.6. The van der Waals surface area contributed by atoms with E-state index in [9.17, 15) is 4.39 Å². The monoisotopic (exact) mass is 253 g/mol. The Morgan fingerprint density at radius 3 is 2.56 bits per heavy atom. The minimum atomic E-state index is -1.31. The number of hydrogen-bond donors (Lipinski definition) is 1. The largest absolute Gasteiger partial charge is 0.381 e. The molecule has 2 N–H and O–H groups in total. The first kappa shape index (κ1) is 15.1. The zero-order valence-corrected chi connectivity index (χ0v) is 11.6. The van der Waals surface area contributed by atoms with E-state index >= 15 is 0 Å². The van der Waals surface area contributed by atoms with E-state index in [0.29, 0.717) is 25.8 Å². The van der Waals surface area contributed by atoms with Crippen LogP contribution in [0.25, 0.3) is 0 Å². The van der Waals surface area contributed by atoms with E-state index in [0.717, 1.165) is 5.56 Å². The molecular formula is C15H24FNO. The fourth-order valence-electron chi connectivity index (χ4n) is 2.17. The van der Waals surface area contributed by atoms with Gasteiger partial charge in [-0.15, -0.1) is 0 Å². The van der Waals surface area contributed by atoms with Crippen molar-refractivity contribution < 1.29 is 9.13 Å². The molecule has 1 aromatic carbocycles. The fourth-order valence-corrected chi connectivity index (χ4v) is 2.17. The first-order valence-electron chi connectivity index (χ1n) is 6.45. The first-order chi connectivity index (χ1) is 8.50. The summed E-state index contributed by atoms with van der Waals surface area (Å²) in [4.78, 5) is 0. The molecule has 102 valence electrons. The maximum Gasteiger partial charge on any atom is 0.138 e. The van der Waals surface area contributed by atoms with E-state index in [1.54, 1.807) is 0 Å². The van der Waals surface area contributed by atoms with Crippen molar-refractivity contribution in [3.63, 3.8) is 0 Å². The highest BCUT2D eigenvalue weighted by molar-refractivity contribution is 5.30. The minimum Gasteiger partial charge on any atom is -0.381 e. The summed E-state index contributed by atoms with van der Waals surface area (Å²) in [6, 6.07) is 6.09. The average Bonchev–Trinajstić information content (AvgIpc) is 2.32. The van der Waals surface area contributed by atoms with Gasteiger partial charge in [0.2, 0.25) is 0 Å². The van der Waals surface area contributed by atoms with Gasteiger partial charge in [-0.25, -0.2) is 4.39 Å². The van der Waals surface area contributed by atoms with E-state index in [1.807, 2.05) is 12.1 Å². The Morgan fingerprint density at radius 1 is 1.28 bits per heavy atom. The molecule has 3 heteroatoms. The van der Waals surface area contributed by atoms with Gasteiger partial charge in [0.1, 0.15) is 5.67 Å². The lowest BCUT2D eigenvalue weighted by molar-refractivity contribution is 0.0334. The van der Waals surface area contributed by atoms with Gasteiger partial charge in [-0.2, -0.15) is 0 Å². The molecule has 0 saturated carbocycles. The number of ether oxygens (including phenoxy) is 1. The third-order valence-corrected chi connectivity index (χ3v) is 3.32. The van der Waals surface area contributed by atoms with Crippen molar-refractivity contribution in [3.8, 4) is 0 Å². The second-order valence-electron chi connectivity index (χ2n) is 5.07. The molecule has 1 unspecified atom stereocenters. The van der Waals surface area contributed by atoms with Crippen molar-refractivity contribution in [2.24, 2.45) is 5.73 Å². The average molecular weight is 253 g/mol. The van der Waals surface area contributed by atoms with Crippen molar-refractivity contribution in [2.45, 2.75) is 38.8 Å². The molecule has 1 rings (SSSR count). The van der Waals surface area contributed by atoms with Crippen LogP contribution in [-0.4, -0.2) is 25.9 Å². The summed E-state index contributed by atoms with van der Waals surface area (Å²) in [6.07, 6.45) is 1.52. The Hall–Kier alpha value is -0.930. The van der Waals surface area contributed by atoms with Crippen LogP contribution in [0.3, 0.4) is 0 Å². The van der Waals surface area contributed by atoms with Crippen LogP contribution in [0.5, 0.6) is 0 Å². The Kier molecular flexibility index (Phi) is 5.76. The predicted octanol–water partition coefficient (Wildman–Crippen LogP) is 2.94. The molecule has 0 amide bonds. The van der Waals surface area contributed by atoms with Crippen molar-refractivity contribution in [1.82, 2.24) is 0 Å². The summed E-state index contributed by atoms with van der Waals surface area (Å²) >= 11 is 0. The Morgan fingerprint density at radius 2 is 2.00 bits per heavy atom. The molecule has 0 aromatic heterocycles. The maximum absolute atomic E-state index is 14.7. The highest BCUT2D eigenvalue weighted by Gasteiger charge is 2.29. The highest BCUT2D eigenvalue weighted by atomic mass is 19.1. The van der Waals surface area contributed by atoms with Crippen molar-refractivity contribution in [1.29, 1.82) is 0 Å². The van der Waals surface area contributed by atoms with Gasteiger partial charge in [0, 0.05) is 13.5 Å². The van der Waals surface area contributed by atoms with Gasteiger partial charge in [0.15, 0.2) is 0 Å². The molecule has 0 heterocycles. The molecule has 0 fully saturated rings. The molecule has 0 bridgehead atoms. The molecule has 2 nitrogen and oxygen atoms in total. The SMILES string of the molecule is COCC(F)(CCCN)Cc1ccc(C)c(C)c1. The molecule has 0 spiro atoms. The van der Waals surface area contributed by atoms with E-state index in [1.165, 1.54) is 18.2 Å². The van der Waals surface area contributed by atoms with Crippen LogP contribution in [0.15, 0.2) is 18.2 Å². The normalized spacial score (nSPS) is 14.5. The number of methoxy groups -OCH3 is 1. The summed E-state index contributed by atoms with van der Waals surface area (Å²) in [5, 5.41) is 0. The third-order valence-electron chi connectivity index (χ3n) is 3.32. The molecule has 18 heavy (non-hydrogen) atoms. The molecular weight excluding hydrogens is 229 g/mol. The van der Waals surface area contributed by atoms with Crippen LogP contribution in [0.4, 0.5) is 4.39 Å². The van der Waals surface area contributed by atoms with Crippen LogP contribution < -0.4 is 5.73 Å². The topological polar surface area (TPSA) is 35.2 Å². The van der Waals surface area contributed by atoms with Crippen LogP contribution in [0.1, 0.15) is 29.5 Å². The quantitative estimate of drug-likeness (QED) is 0.811. The van der Waals surface area contributed by atoms with Crippen molar-refractivity contribution in [2.75, 3.05) is 20.3 Å². The molecule has 0 aliphatic rings. The molecule has 0 saturated heterocycles. The van der Waals surface area contributed by atoms with Crippen molar-refractivity contribution in [3.05, 3.63) is 34.9 Å². The van der Waals surface area contributed by atoms with Gasteiger partial charge in [0.05, 0.1) is 6.61 Å². The summed E-state index contributed by atoms with van der Waals surface area (Å²) < 4.78 is 19.7. The molecule has 0 aliphatic carbocycles. The predicted molar refractivity (Wildman–Crippen MR) is 73.6 cm³/mol. The summed E-state index contributed by atoms with van der Waals surface area (Å²) in [5.74, 6) is 0. The van der Waals surface area contributed by atoms with E-state index < -0.39 is 5.67 Å². The lowest BCUT2D eigenvalue weighted by Crippen LogP contribution is -2.32. The van der Waals surface area contributed by atoms with E-state index in [4.69, 9.17) is 10.5 Å². The van der Waals surface area contributed by atoms with E-state index in [-0.39, 0.29) is 6.61 Å². The molecule has 0 radical (unpaired) electrons. The highest BCUT2D eigenvalue weighted by Crippen LogP contribution is 2.25. The van der Waals surface area contributed by atoms with Gasteiger partial charge in [-0.1, -0.05) is 18.2 Å². The number of nitrogens with two attached hydrogens (primary N) is 1. The smallest absolute Gasteiger partial charge is 0.138 e. The van der Waals surface area contributed by atoms with Crippen LogP contribution in [0.2, 0.25) is 0 Å².